The highest BCUT2D eigenvalue weighted by molar-refractivity contribution is 6.08. The van der Waals surface area contributed by atoms with Crippen LogP contribution in [-0.2, 0) is 9.53 Å². The molecule has 2 atom stereocenters. The molecule has 0 aromatic heterocycles. The zero-order valence-corrected chi connectivity index (χ0v) is 14.6. The van der Waals surface area contributed by atoms with Crippen molar-refractivity contribution >= 4 is 17.7 Å². The summed E-state index contributed by atoms with van der Waals surface area (Å²) in [6.07, 6.45) is 1.49. The third-order valence-electron chi connectivity index (χ3n) is 3.78. The summed E-state index contributed by atoms with van der Waals surface area (Å²) in [6, 6.07) is 4.17. The minimum Gasteiger partial charge on any atom is -0.493 e. The molecule has 25 heavy (non-hydrogen) atoms. The summed E-state index contributed by atoms with van der Waals surface area (Å²) < 4.78 is 16.0. The van der Waals surface area contributed by atoms with Crippen LogP contribution >= 0.6 is 0 Å². The number of aliphatic imine (C=N–C) groups is 1. The van der Waals surface area contributed by atoms with Gasteiger partial charge in [0.1, 0.15) is 12.5 Å². The van der Waals surface area contributed by atoms with Crippen LogP contribution in [0, 0.1) is 5.92 Å². The second-order valence-corrected chi connectivity index (χ2v) is 5.42. The highest BCUT2D eigenvalue weighted by atomic mass is 16.5. The Labute approximate surface area is 146 Å². The monoisotopic (exact) mass is 346 g/mol. The predicted molar refractivity (Wildman–Crippen MR) is 93.2 cm³/mol. The molecule has 1 aromatic rings. The maximum Gasteiger partial charge on any atom is 0.341 e. The fourth-order valence-corrected chi connectivity index (χ4v) is 2.69. The lowest BCUT2D eigenvalue weighted by Crippen LogP contribution is -2.44. The lowest BCUT2D eigenvalue weighted by atomic mass is 9.88. The van der Waals surface area contributed by atoms with E-state index in [0.717, 1.165) is 0 Å². The number of urea groups is 1. The summed E-state index contributed by atoms with van der Waals surface area (Å²) in [6.45, 7) is 7.63. The number of benzene rings is 1. The first-order valence-electron chi connectivity index (χ1n) is 7.95. The molecule has 1 heterocycles. The lowest BCUT2D eigenvalue weighted by Gasteiger charge is -2.30. The number of ether oxygens (including phenoxy) is 3. The Morgan fingerprint density at radius 2 is 2.16 bits per heavy atom. The van der Waals surface area contributed by atoms with Crippen LogP contribution in [0.2, 0.25) is 0 Å². The minimum absolute atomic E-state index is 0.0931. The molecule has 0 bridgehead atoms. The number of rotatable bonds is 7. The van der Waals surface area contributed by atoms with Crippen LogP contribution in [0.25, 0.3) is 0 Å². The van der Waals surface area contributed by atoms with E-state index in [2.05, 4.69) is 16.9 Å². The van der Waals surface area contributed by atoms with E-state index < -0.39 is 24.0 Å². The molecule has 0 spiro atoms. The van der Waals surface area contributed by atoms with Gasteiger partial charge in [0.2, 0.25) is 0 Å². The molecule has 0 fully saturated rings. The van der Waals surface area contributed by atoms with Crippen LogP contribution in [0.3, 0.4) is 0 Å². The van der Waals surface area contributed by atoms with Crippen LogP contribution in [-0.4, -0.2) is 38.0 Å². The molecule has 1 aliphatic heterocycles. The quantitative estimate of drug-likeness (QED) is 0.606. The summed E-state index contributed by atoms with van der Waals surface area (Å²) in [7, 11) is 1.53. The molecule has 0 saturated heterocycles. The van der Waals surface area contributed by atoms with Gasteiger partial charge in [-0.05, 0) is 31.5 Å². The van der Waals surface area contributed by atoms with Crippen molar-refractivity contribution < 1.29 is 23.8 Å². The first kappa shape index (κ1) is 18.5. The maximum absolute atomic E-state index is 12.4. The van der Waals surface area contributed by atoms with Gasteiger partial charge in [0, 0.05) is 5.71 Å². The molecular formula is C18H22N2O5. The van der Waals surface area contributed by atoms with Gasteiger partial charge in [-0.3, -0.25) is 4.79 Å². The van der Waals surface area contributed by atoms with E-state index in [1.165, 1.54) is 13.2 Å². The molecule has 0 radical (unpaired) electrons. The van der Waals surface area contributed by atoms with E-state index in [1.807, 2.05) is 6.92 Å². The molecular weight excluding hydrogens is 324 g/mol. The largest absolute Gasteiger partial charge is 0.493 e. The van der Waals surface area contributed by atoms with E-state index in [9.17, 15) is 9.59 Å². The van der Waals surface area contributed by atoms with Gasteiger partial charge in [0.25, 0.3) is 0 Å². The number of methoxy groups -OCH3 is 1. The van der Waals surface area contributed by atoms with Crippen LogP contribution in [0.15, 0.2) is 35.8 Å². The van der Waals surface area contributed by atoms with Gasteiger partial charge in [-0.15, -0.1) is 0 Å². The highest BCUT2D eigenvalue weighted by Crippen LogP contribution is 2.34. The van der Waals surface area contributed by atoms with Crippen LogP contribution < -0.4 is 14.8 Å². The fraction of sp³-hybridized carbons (Fsp3) is 0.389. The first-order chi connectivity index (χ1) is 12.0. The molecule has 1 aromatic carbocycles. The van der Waals surface area contributed by atoms with Crippen molar-refractivity contribution in [3.63, 3.8) is 0 Å². The predicted octanol–water partition coefficient (Wildman–Crippen LogP) is 2.66. The minimum atomic E-state index is -0.722. The molecule has 134 valence electrons. The molecule has 7 heteroatoms. The molecule has 1 aliphatic rings. The van der Waals surface area contributed by atoms with Gasteiger partial charge >= 0.3 is 12.0 Å². The average Bonchev–Trinajstić information content (AvgIpc) is 2.59. The van der Waals surface area contributed by atoms with Gasteiger partial charge < -0.3 is 19.5 Å². The van der Waals surface area contributed by atoms with Crippen molar-refractivity contribution in [3.05, 3.63) is 36.4 Å². The Morgan fingerprint density at radius 3 is 2.80 bits per heavy atom. The van der Waals surface area contributed by atoms with Crippen molar-refractivity contribution in [1.29, 1.82) is 0 Å². The first-order valence-corrected chi connectivity index (χ1v) is 7.95. The number of carbonyl (C=O) groups excluding carboxylic acids is 2. The number of hydrogen-bond donors (Lipinski definition) is 1. The standard InChI is InChI=1S/C18H22N2O5/c1-5-9-25-17(21)15-11(3)19-18(22)20-16(15)12-7-8-13(24-6-2)14(10-12)23-4/h5,7-8,10,15-16H,1,6,9H2,2-4H3,(H,20,22). The molecule has 1 N–H and O–H groups in total. The van der Waals surface area contributed by atoms with Gasteiger partial charge in [-0.1, -0.05) is 18.7 Å². The number of nitrogens with one attached hydrogen (secondary N) is 1. The third kappa shape index (κ3) is 4.17. The number of hydrogen-bond acceptors (Lipinski definition) is 5. The van der Waals surface area contributed by atoms with Gasteiger partial charge in [0.05, 0.1) is 19.8 Å². The van der Waals surface area contributed by atoms with Crippen LogP contribution in [0.1, 0.15) is 25.5 Å². The lowest BCUT2D eigenvalue weighted by molar-refractivity contribution is -0.145. The van der Waals surface area contributed by atoms with Gasteiger partial charge in [0.15, 0.2) is 11.5 Å². The third-order valence-corrected chi connectivity index (χ3v) is 3.78. The molecule has 2 unspecified atom stereocenters. The Morgan fingerprint density at radius 1 is 1.40 bits per heavy atom. The van der Waals surface area contributed by atoms with E-state index >= 15 is 0 Å². The highest BCUT2D eigenvalue weighted by Gasteiger charge is 2.38. The smallest absolute Gasteiger partial charge is 0.341 e. The number of amides is 2. The number of nitrogens with zero attached hydrogens (tertiary/aromatic N) is 1. The summed E-state index contributed by atoms with van der Waals surface area (Å²) in [5.41, 5.74) is 1.10. The summed E-state index contributed by atoms with van der Waals surface area (Å²) in [4.78, 5) is 28.1. The van der Waals surface area contributed by atoms with Crippen molar-refractivity contribution in [1.82, 2.24) is 5.32 Å². The molecule has 2 rings (SSSR count). The van der Waals surface area contributed by atoms with E-state index in [4.69, 9.17) is 14.2 Å². The second kappa shape index (κ2) is 8.32. The van der Waals surface area contributed by atoms with Crippen LogP contribution in [0.5, 0.6) is 11.5 Å². The van der Waals surface area contributed by atoms with Crippen LogP contribution in [0.4, 0.5) is 4.79 Å². The van der Waals surface area contributed by atoms with Gasteiger partial charge in [-0.25, -0.2) is 9.79 Å². The second-order valence-electron chi connectivity index (χ2n) is 5.42. The topological polar surface area (TPSA) is 86.2 Å². The Bertz CT molecular complexity index is 699. The van der Waals surface area contributed by atoms with Crippen molar-refractivity contribution in [3.8, 4) is 11.5 Å². The zero-order chi connectivity index (χ0) is 18.4. The average molecular weight is 346 g/mol. The normalized spacial score (nSPS) is 19.5. The molecule has 2 amide bonds. The Kier molecular flexibility index (Phi) is 6.16. The molecule has 7 nitrogen and oxygen atoms in total. The van der Waals surface area contributed by atoms with Crippen molar-refractivity contribution in [2.75, 3.05) is 20.3 Å². The van der Waals surface area contributed by atoms with Gasteiger partial charge in [-0.2, -0.15) is 0 Å². The van der Waals surface area contributed by atoms with E-state index in [-0.39, 0.29) is 6.61 Å². The Hall–Kier alpha value is -2.83. The molecule has 0 saturated carbocycles. The SMILES string of the molecule is C=CCOC(=O)C1C(C)=NC(=O)NC1c1ccc(OCC)c(OC)c1. The fourth-order valence-electron chi connectivity index (χ4n) is 2.69. The van der Waals surface area contributed by atoms with E-state index in [0.29, 0.717) is 29.4 Å². The van der Waals surface area contributed by atoms with Crippen molar-refractivity contribution in [2.45, 2.75) is 19.9 Å². The number of carbonyl (C=O) groups is 2. The molecule has 0 aliphatic carbocycles. The Balaban J connectivity index is 2.39. The number of esters is 1. The summed E-state index contributed by atoms with van der Waals surface area (Å²) in [5, 5.41) is 2.72. The van der Waals surface area contributed by atoms with E-state index in [1.54, 1.807) is 25.1 Å². The summed E-state index contributed by atoms with van der Waals surface area (Å²) >= 11 is 0. The maximum atomic E-state index is 12.4. The summed E-state index contributed by atoms with van der Waals surface area (Å²) in [5.74, 6) is -0.0849. The van der Waals surface area contributed by atoms with Crippen molar-refractivity contribution in [2.24, 2.45) is 10.9 Å². The zero-order valence-electron chi connectivity index (χ0n) is 14.6.